The molecule has 6 nitrogen and oxygen atoms in total. The van der Waals surface area contributed by atoms with Gasteiger partial charge in [0.05, 0.1) is 10.9 Å². The Hall–Kier alpha value is -1.96. The molecule has 2 fully saturated rings. The van der Waals surface area contributed by atoms with Gasteiger partial charge in [0.1, 0.15) is 6.10 Å². The molecule has 2 N–H and O–H groups in total. The molecule has 2 bridgehead atoms. The fraction of sp³-hybridized carbons (Fsp3) is 0.542. The summed E-state index contributed by atoms with van der Waals surface area (Å²) in [5.41, 5.74) is -0.603. The third-order valence-corrected chi connectivity index (χ3v) is 9.51. The van der Waals surface area contributed by atoms with Crippen LogP contribution in [0.4, 0.5) is 0 Å². The van der Waals surface area contributed by atoms with Gasteiger partial charge in [0.15, 0.2) is 6.10 Å². The summed E-state index contributed by atoms with van der Waals surface area (Å²) in [5, 5.41) is 11.5. The van der Waals surface area contributed by atoms with Crippen LogP contribution >= 0.6 is 0 Å². The minimum absolute atomic E-state index is 0.0267. The van der Waals surface area contributed by atoms with Gasteiger partial charge in [0.25, 0.3) is 0 Å². The second-order valence-electron chi connectivity index (χ2n) is 9.69. The van der Waals surface area contributed by atoms with Gasteiger partial charge in [-0.3, -0.25) is 0 Å². The summed E-state index contributed by atoms with van der Waals surface area (Å²) >= 11 is 0. The molecule has 2 aromatic carbocycles. The van der Waals surface area contributed by atoms with Crippen molar-refractivity contribution in [2.75, 3.05) is 0 Å². The zero-order valence-corrected chi connectivity index (χ0v) is 19.3. The van der Waals surface area contributed by atoms with Gasteiger partial charge in [-0.15, -0.1) is 0 Å². The average molecular weight is 446 g/mol. The van der Waals surface area contributed by atoms with Crippen molar-refractivity contribution in [3.63, 3.8) is 0 Å². The highest BCUT2D eigenvalue weighted by atomic mass is 32.2. The molecule has 5 atom stereocenters. The summed E-state index contributed by atoms with van der Waals surface area (Å²) in [6, 6.07) is 12.0. The molecule has 0 saturated heterocycles. The smallest absolute Gasteiger partial charge is 0.335 e. The van der Waals surface area contributed by atoms with Crippen LogP contribution in [0, 0.1) is 16.7 Å². The van der Waals surface area contributed by atoms with E-state index in [1.165, 1.54) is 0 Å². The molecule has 0 aliphatic heterocycles. The van der Waals surface area contributed by atoms with Crippen LogP contribution in [0.2, 0.25) is 0 Å². The van der Waals surface area contributed by atoms with Gasteiger partial charge < -0.3 is 9.84 Å². The van der Waals surface area contributed by atoms with E-state index < -0.39 is 34.2 Å². The zero-order valence-electron chi connectivity index (χ0n) is 18.5. The number of ether oxygens (including phenoxy) is 1. The Morgan fingerprint density at radius 1 is 1.19 bits per heavy atom. The number of aliphatic hydroxyl groups excluding tert-OH is 1. The van der Waals surface area contributed by atoms with Gasteiger partial charge in [-0.25, -0.2) is 17.9 Å². The van der Waals surface area contributed by atoms with E-state index in [2.05, 4.69) is 25.5 Å². The second kappa shape index (κ2) is 7.57. The maximum atomic E-state index is 13.5. The lowest BCUT2D eigenvalue weighted by Gasteiger charge is -2.39. The van der Waals surface area contributed by atoms with Crippen LogP contribution in [0.15, 0.2) is 47.4 Å². The number of nitrogens with one attached hydrogen (secondary N) is 1. The fourth-order valence-electron chi connectivity index (χ4n) is 5.70. The number of benzene rings is 2. The molecule has 2 aliphatic carbocycles. The van der Waals surface area contributed by atoms with Crippen LogP contribution in [0.3, 0.4) is 0 Å². The summed E-state index contributed by atoms with van der Waals surface area (Å²) < 4.78 is 35.7. The Balaban J connectivity index is 1.72. The van der Waals surface area contributed by atoms with E-state index in [0.717, 1.165) is 18.2 Å². The van der Waals surface area contributed by atoms with Crippen molar-refractivity contribution < 1.29 is 23.1 Å². The molecule has 168 valence electrons. The number of sulfonamides is 1. The molecule has 0 aromatic heterocycles. The Bertz CT molecular complexity index is 1110. The molecule has 2 aromatic rings. The zero-order chi connectivity index (χ0) is 22.6. The number of fused-ring (bicyclic) bond motifs is 3. The second-order valence-corrected chi connectivity index (χ2v) is 11.4. The predicted molar refractivity (Wildman–Crippen MR) is 119 cm³/mol. The van der Waals surface area contributed by atoms with Crippen molar-refractivity contribution in [2.24, 2.45) is 16.7 Å². The standard InChI is InChI=1S/C24H31NO5S/c1-5-18(26)22(27)30-21-20(17-13-14-24(21,4)23(17,2)3)25-31(28,29)19-12-8-10-15-9-6-7-11-16(15)19/h6-12,17-18,20-21,25-26H,5,13-14H2,1-4H3/t17-,18-,20-,21-,24+/m1/s1. The molecule has 2 saturated carbocycles. The van der Waals surface area contributed by atoms with Crippen LogP contribution in [0.1, 0.15) is 47.0 Å². The highest BCUT2D eigenvalue weighted by Crippen LogP contribution is 2.66. The largest absolute Gasteiger partial charge is 0.458 e. The van der Waals surface area contributed by atoms with Crippen LogP contribution in [0.25, 0.3) is 10.8 Å². The summed E-state index contributed by atoms with van der Waals surface area (Å²) in [7, 11) is -3.87. The Labute approximate surface area is 184 Å². The van der Waals surface area contributed by atoms with Gasteiger partial charge in [-0.1, -0.05) is 64.1 Å². The summed E-state index contributed by atoms with van der Waals surface area (Å²) in [6.45, 7) is 8.01. The topological polar surface area (TPSA) is 92.7 Å². The van der Waals surface area contributed by atoms with Gasteiger partial charge >= 0.3 is 5.97 Å². The summed E-state index contributed by atoms with van der Waals surface area (Å²) in [4.78, 5) is 12.7. The van der Waals surface area contributed by atoms with E-state index in [-0.39, 0.29) is 28.1 Å². The SMILES string of the molecule is CC[C@@H](O)C(=O)O[C@@H]1[C@H](NS(=O)(=O)c2cccc3ccccc23)[C@H]2CC[C@]1(C)C2(C)C. The number of hydrogen-bond acceptors (Lipinski definition) is 5. The highest BCUT2D eigenvalue weighted by molar-refractivity contribution is 7.89. The van der Waals surface area contributed by atoms with E-state index in [9.17, 15) is 18.3 Å². The minimum atomic E-state index is -3.87. The Kier molecular flexibility index (Phi) is 5.43. The Morgan fingerprint density at radius 2 is 1.87 bits per heavy atom. The van der Waals surface area contributed by atoms with Gasteiger partial charge in [0, 0.05) is 10.8 Å². The monoisotopic (exact) mass is 445 g/mol. The van der Waals surface area contributed by atoms with Crippen molar-refractivity contribution in [2.45, 2.75) is 70.1 Å². The quantitative estimate of drug-likeness (QED) is 0.663. The van der Waals surface area contributed by atoms with Crippen molar-refractivity contribution >= 4 is 26.8 Å². The van der Waals surface area contributed by atoms with Crippen LogP contribution in [0.5, 0.6) is 0 Å². The van der Waals surface area contributed by atoms with Crippen molar-refractivity contribution in [1.29, 1.82) is 0 Å². The van der Waals surface area contributed by atoms with E-state index in [0.29, 0.717) is 5.39 Å². The minimum Gasteiger partial charge on any atom is -0.458 e. The first-order chi connectivity index (χ1) is 14.5. The Morgan fingerprint density at radius 3 is 2.58 bits per heavy atom. The lowest BCUT2D eigenvalue weighted by atomic mass is 9.70. The predicted octanol–water partition coefficient (Wildman–Crippen LogP) is 3.63. The number of carbonyl (C=O) groups is 1. The third kappa shape index (κ3) is 3.38. The fourth-order valence-corrected chi connectivity index (χ4v) is 7.20. The van der Waals surface area contributed by atoms with Gasteiger partial charge in [-0.05, 0) is 42.0 Å². The number of hydrogen-bond donors (Lipinski definition) is 2. The number of rotatable bonds is 6. The molecule has 0 unspecified atom stereocenters. The van der Waals surface area contributed by atoms with E-state index in [1.54, 1.807) is 25.1 Å². The van der Waals surface area contributed by atoms with Crippen molar-refractivity contribution in [3.8, 4) is 0 Å². The number of esters is 1. The molecule has 7 heteroatoms. The van der Waals surface area contributed by atoms with Crippen LogP contribution in [-0.4, -0.2) is 37.7 Å². The molecular weight excluding hydrogens is 414 g/mol. The number of carbonyl (C=O) groups excluding carboxylic acids is 1. The van der Waals surface area contributed by atoms with Crippen LogP contribution in [-0.2, 0) is 19.6 Å². The first kappa shape index (κ1) is 22.2. The third-order valence-electron chi connectivity index (χ3n) is 7.99. The number of aliphatic hydroxyl groups is 1. The van der Waals surface area contributed by atoms with E-state index >= 15 is 0 Å². The first-order valence-corrected chi connectivity index (χ1v) is 12.4. The molecular formula is C24H31NO5S. The maximum absolute atomic E-state index is 13.5. The lowest BCUT2D eigenvalue weighted by Crippen LogP contribution is -2.52. The highest BCUT2D eigenvalue weighted by Gasteiger charge is 2.68. The normalized spacial score (nSPS) is 30.4. The summed E-state index contributed by atoms with van der Waals surface area (Å²) in [6.07, 6.45) is 0.107. The molecule has 0 radical (unpaired) electrons. The first-order valence-electron chi connectivity index (χ1n) is 10.9. The maximum Gasteiger partial charge on any atom is 0.335 e. The molecule has 0 spiro atoms. The van der Waals surface area contributed by atoms with Crippen LogP contribution < -0.4 is 4.72 Å². The average Bonchev–Trinajstić information content (AvgIpc) is 3.05. The lowest BCUT2D eigenvalue weighted by molar-refractivity contribution is -0.168. The van der Waals surface area contributed by atoms with Gasteiger partial charge in [0.2, 0.25) is 10.0 Å². The molecule has 0 heterocycles. The van der Waals surface area contributed by atoms with Crippen molar-refractivity contribution in [3.05, 3.63) is 42.5 Å². The molecule has 4 rings (SSSR count). The molecule has 31 heavy (non-hydrogen) atoms. The summed E-state index contributed by atoms with van der Waals surface area (Å²) in [5.74, 6) is -0.662. The molecule has 2 aliphatic rings. The van der Waals surface area contributed by atoms with E-state index in [1.807, 2.05) is 24.3 Å². The molecule has 0 amide bonds. The van der Waals surface area contributed by atoms with E-state index in [4.69, 9.17) is 4.74 Å². The van der Waals surface area contributed by atoms with Gasteiger partial charge in [-0.2, -0.15) is 0 Å². The van der Waals surface area contributed by atoms with Crippen molar-refractivity contribution in [1.82, 2.24) is 4.72 Å².